The average Bonchev–Trinajstić information content (AvgIpc) is 2.83. The van der Waals surface area contributed by atoms with Gasteiger partial charge >= 0.3 is 5.69 Å². The van der Waals surface area contributed by atoms with Gasteiger partial charge in [-0.05, 0) is 20.8 Å². The Morgan fingerprint density at radius 2 is 2.13 bits per heavy atom. The third kappa shape index (κ3) is 3.95. The Morgan fingerprint density at radius 3 is 2.70 bits per heavy atom. The lowest BCUT2D eigenvalue weighted by Crippen LogP contribution is -2.33. The minimum Gasteiger partial charge on any atom is -0.337 e. The molecule has 0 saturated heterocycles. The molecule has 0 saturated carbocycles. The number of aromatic amines is 1. The zero-order valence-corrected chi connectivity index (χ0v) is 14.4. The maximum Gasteiger partial charge on any atom is 0.328 e. The number of nitrogens with one attached hydrogen (secondary N) is 1. The summed E-state index contributed by atoms with van der Waals surface area (Å²) in [7, 11) is 1.73. The van der Waals surface area contributed by atoms with Gasteiger partial charge in [-0.2, -0.15) is 0 Å². The number of nitrogens with zero attached hydrogens (tertiary/aromatic N) is 3. The molecule has 0 bridgehead atoms. The fourth-order valence-electron chi connectivity index (χ4n) is 2.34. The van der Waals surface area contributed by atoms with E-state index < -0.39 is 11.2 Å². The lowest BCUT2D eigenvalue weighted by molar-refractivity contribution is -0.132. The molecule has 1 atom stereocenters. The second-order valence-electron chi connectivity index (χ2n) is 5.41. The van der Waals surface area contributed by atoms with E-state index in [1.54, 1.807) is 23.3 Å². The summed E-state index contributed by atoms with van der Waals surface area (Å²) >= 11 is 1.61. The summed E-state index contributed by atoms with van der Waals surface area (Å²) in [4.78, 5) is 44.4. The van der Waals surface area contributed by atoms with Crippen molar-refractivity contribution in [2.45, 2.75) is 39.8 Å². The van der Waals surface area contributed by atoms with Gasteiger partial charge in [-0.15, -0.1) is 11.3 Å². The molecule has 0 unspecified atom stereocenters. The van der Waals surface area contributed by atoms with Crippen LogP contribution in [0, 0.1) is 13.8 Å². The first-order valence-electron chi connectivity index (χ1n) is 7.29. The number of hydrogen-bond acceptors (Lipinski definition) is 5. The first kappa shape index (κ1) is 17.1. The molecule has 2 aromatic rings. The Balaban J connectivity index is 2.03. The minimum absolute atomic E-state index is 0.0827. The number of aromatic nitrogens is 3. The predicted molar refractivity (Wildman–Crippen MR) is 88.7 cm³/mol. The molecule has 0 aliphatic rings. The lowest BCUT2D eigenvalue weighted by atomic mass is 10.2. The second kappa shape index (κ2) is 6.91. The van der Waals surface area contributed by atoms with Crippen molar-refractivity contribution in [3.8, 4) is 0 Å². The van der Waals surface area contributed by atoms with E-state index in [4.69, 9.17) is 0 Å². The molecule has 1 N–H and O–H groups in total. The third-order valence-corrected chi connectivity index (χ3v) is 4.67. The van der Waals surface area contributed by atoms with Crippen LogP contribution in [0.3, 0.4) is 0 Å². The van der Waals surface area contributed by atoms with E-state index in [0.29, 0.717) is 0 Å². The van der Waals surface area contributed by atoms with Crippen molar-refractivity contribution in [2.24, 2.45) is 0 Å². The van der Waals surface area contributed by atoms with Gasteiger partial charge in [0.05, 0.1) is 16.7 Å². The molecule has 7 nitrogen and oxygen atoms in total. The highest BCUT2D eigenvalue weighted by Gasteiger charge is 2.21. The van der Waals surface area contributed by atoms with Crippen LogP contribution in [-0.2, 0) is 11.3 Å². The topological polar surface area (TPSA) is 88.1 Å². The molecule has 1 amide bonds. The number of thiazole rings is 1. The van der Waals surface area contributed by atoms with Crippen LogP contribution in [0.15, 0.2) is 21.9 Å². The largest absolute Gasteiger partial charge is 0.337 e. The number of carbonyl (C=O) groups excluding carboxylic acids is 1. The highest BCUT2D eigenvalue weighted by atomic mass is 32.1. The number of carbonyl (C=O) groups is 1. The third-order valence-electron chi connectivity index (χ3n) is 3.77. The summed E-state index contributed by atoms with van der Waals surface area (Å²) in [6, 6.07) is 1.14. The summed E-state index contributed by atoms with van der Waals surface area (Å²) in [5.41, 5.74) is -0.0470. The van der Waals surface area contributed by atoms with Crippen LogP contribution >= 0.6 is 11.3 Å². The quantitative estimate of drug-likeness (QED) is 0.889. The summed E-state index contributed by atoms with van der Waals surface area (Å²) in [5.74, 6) is -0.0827. The number of aryl methyl sites for hydroxylation is 3. The SMILES string of the molecule is Cc1nc([C@@H](C)N(C)C(=O)CCn2ccc(=O)[nH]c2=O)c(C)s1. The number of hydrogen-bond donors (Lipinski definition) is 1. The van der Waals surface area contributed by atoms with E-state index in [2.05, 4.69) is 9.97 Å². The van der Waals surface area contributed by atoms with Crippen LogP contribution in [0.1, 0.15) is 35.0 Å². The normalized spacial score (nSPS) is 12.2. The van der Waals surface area contributed by atoms with Gasteiger partial charge in [0, 0.05) is 37.2 Å². The van der Waals surface area contributed by atoms with Crippen molar-refractivity contribution < 1.29 is 4.79 Å². The van der Waals surface area contributed by atoms with Crippen LogP contribution in [0.25, 0.3) is 0 Å². The first-order valence-corrected chi connectivity index (χ1v) is 8.10. The van der Waals surface area contributed by atoms with Gasteiger partial charge < -0.3 is 9.47 Å². The van der Waals surface area contributed by atoms with Crippen molar-refractivity contribution in [3.63, 3.8) is 0 Å². The van der Waals surface area contributed by atoms with Gasteiger partial charge in [0.1, 0.15) is 0 Å². The molecule has 124 valence electrons. The van der Waals surface area contributed by atoms with Crippen LogP contribution < -0.4 is 11.2 Å². The molecule has 0 aromatic carbocycles. The standard InChI is InChI=1S/C15H20N4O3S/c1-9(14-10(2)23-11(3)16-14)18(4)13(21)6-8-19-7-5-12(20)17-15(19)22/h5,7,9H,6,8H2,1-4H3,(H,17,20,22)/t9-/m1/s1. The molecule has 2 rings (SSSR count). The summed E-state index contributed by atoms with van der Waals surface area (Å²) < 4.78 is 1.32. The Hall–Kier alpha value is -2.22. The zero-order valence-electron chi connectivity index (χ0n) is 13.6. The summed E-state index contributed by atoms with van der Waals surface area (Å²) in [5, 5.41) is 0.977. The van der Waals surface area contributed by atoms with Gasteiger partial charge in [-0.25, -0.2) is 9.78 Å². The van der Waals surface area contributed by atoms with Gasteiger partial charge in [0.2, 0.25) is 5.91 Å². The first-order chi connectivity index (χ1) is 10.8. The van der Waals surface area contributed by atoms with Crippen molar-refractivity contribution in [1.82, 2.24) is 19.4 Å². The molecule has 23 heavy (non-hydrogen) atoms. The zero-order chi connectivity index (χ0) is 17.1. The molecule has 2 aromatic heterocycles. The smallest absolute Gasteiger partial charge is 0.328 e. The molecule has 0 spiro atoms. The Morgan fingerprint density at radius 1 is 1.43 bits per heavy atom. The Labute approximate surface area is 137 Å². The van der Waals surface area contributed by atoms with Gasteiger partial charge in [0.15, 0.2) is 0 Å². The molecule has 8 heteroatoms. The highest BCUT2D eigenvalue weighted by molar-refractivity contribution is 7.11. The van der Waals surface area contributed by atoms with Gasteiger partial charge in [-0.1, -0.05) is 0 Å². The number of rotatable bonds is 5. The van der Waals surface area contributed by atoms with Crippen molar-refractivity contribution in [2.75, 3.05) is 7.05 Å². The van der Waals surface area contributed by atoms with E-state index >= 15 is 0 Å². The average molecular weight is 336 g/mol. The minimum atomic E-state index is -0.507. The number of amides is 1. The van der Waals surface area contributed by atoms with E-state index in [0.717, 1.165) is 15.6 Å². The van der Waals surface area contributed by atoms with Crippen LogP contribution in [-0.4, -0.2) is 32.4 Å². The fourth-order valence-corrected chi connectivity index (χ4v) is 3.25. The molecule has 0 aliphatic heterocycles. The maximum absolute atomic E-state index is 12.3. The maximum atomic E-state index is 12.3. The van der Waals surface area contributed by atoms with Gasteiger partial charge in [0.25, 0.3) is 5.56 Å². The van der Waals surface area contributed by atoms with Crippen molar-refractivity contribution >= 4 is 17.2 Å². The second-order valence-corrected chi connectivity index (χ2v) is 6.82. The Kier molecular flexibility index (Phi) is 5.15. The van der Waals surface area contributed by atoms with Gasteiger partial charge in [-0.3, -0.25) is 14.6 Å². The fraction of sp³-hybridized carbons (Fsp3) is 0.467. The summed E-state index contributed by atoms with van der Waals surface area (Å²) in [6.45, 7) is 6.10. The molecular weight excluding hydrogens is 316 g/mol. The predicted octanol–water partition coefficient (Wildman–Crippen LogP) is 1.22. The lowest BCUT2D eigenvalue weighted by Gasteiger charge is -2.24. The number of H-pyrrole nitrogens is 1. The molecule has 2 heterocycles. The highest BCUT2D eigenvalue weighted by Crippen LogP contribution is 2.26. The monoisotopic (exact) mass is 336 g/mol. The molecule has 0 fully saturated rings. The molecular formula is C15H20N4O3S. The van der Waals surface area contributed by atoms with Crippen molar-refractivity contribution in [3.05, 3.63) is 48.7 Å². The molecule has 0 aliphatic carbocycles. The Bertz CT molecular complexity index is 821. The van der Waals surface area contributed by atoms with Crippen LogP contribution in [0.4, 0.5) is 0 Å². The van der Waals surface area contributed by atoms with Crippen LogP contribution in [0.2, 0.25) is 0 Å². The molecule has 0 radical (unpaired) electrons. The van der Waals surface area contributed by atoms with E-state index in [1.165, 1.54) is 16.8 Å². The van der Waals surface area contributed by atoms with E-state index in [9.17, 15) is 14.4 Å². The van der Waals surface area contributed by atoms with E-state index in [-0.39, 0.29) is 24.9 Å². The van der Waals surface area contributed by atoms with Crippen molar-refractivity contribution in [1.29, 1.82) is 0 Å². The van der Waals surface area contributed by atoms with Crippen LogP contribution in [0.5, 0.6) is 0 Å². The van der Waals surface area contributed by atoms with E-state index in [1.807, 2.05) is 20.8 Å². The summed E-state index contributed by atoms with van der Waals surface area (Å²) in [6.07, 6.45) is 1.57.